The summed E-state index contributed by atoms with van der Waals surface area (Å²) in [7, 11) is 0. The molecule has 1 heterocycles. The van der Waals surface area contributed by atoms with E-state index >= 15 is 0 Å². The lowest BCUT2D eigenvalue weighted by Crippen LogP contribution is -2.51. The first kappa shape index (κ1) is 13.4. The van der Waals surface area contributed by atoms with E-state index in [4.69, 9.17) is 0 Å². The van der Waals surface area contributed by atoms with Crippen LogP contribution >= 0.6 is 11.8 Å². The maximum atomic E-state index is 9.40. The first-order valence-electron chi connectivity index (χ1n) is 5.33. The summed E-state index contributed by atoms with van der Waals surface area (Å²) >= 11 is 1.62. The normalized spacial score (nSPS) is 15.1. The van der Waals surface area contributed by atoms with Crippen molar-refractivity contribution < 1.29 is 5.11 Å². The van der Waals surface area contributed by atoms with Gasteiger partial charge >= 0.3 is 0 Å². The SMILES string of the molecule is CC(C)NC(C)(CO)CSc1ccncn1. The zero-order valence-electron chi connectivity index (χ0n) is 9.97. The molecule has 1 unspecified atom stereocenters. The highest BCUT2D eigenvalue weighted by Gasteiger charge is 2.24. The predicted molar refractivity (Wildman–Crippen MR) is 66.5 cm³/mol. The van der Waals surface area contributed by atoms with Gasteiger partial charge in [0.05, 0.1) is 11.6 Å². The Balaban J connectivity index is 2.51. The Bertz CT molecular complexity index is 307. The fourth-order valence-electron chi connectivity index (χ4n) is 1.43. The smallest absolute Gasteiger partial charge is 0.116 e. The molecule has 0 radical (unpaired) electrons. The minimum absolute atomic E-state index is 0.114. The van der Waals surface area contributed by atoms with Crippen LogP contribution in [0, 0.1) is 0 Å². The van der Waals surface area contributed by atoms with Crippen LogP contribution in [0.2, 0.25) is 0 Å². The molecule has 1 aromatic heterocycles. The summed E-state index contributed by atoms with van der Waals surface area (Å²) in [6, 6.07) is 2.22. The summed E-state index contributed by atoms with van der Waals surface area (Å²) in [5, 5.41) is 13.7. The lowest BCUT2D eigenvalue weighted by Gasteiger charge is -2.30. The van der Waals surface area contributed by atoms with Gasteiger partial charge in [-0.2, -0.15) is 0 Å². The third-order valence-electron chi connectivity index (χ3n) is 2.08. The molecule has 0 spiro atoms. The molecule has 0 saturated carbocycles. The van der Waals surface area contributed by atoms with Crippen molar-refractivity contribution in [3.8, 4) is 0 Å². The van der Waals surface area contributed by atoms with E-state index in [9.17, 15) is 5.11 Å². The molecular formula is C11H19N3OS. The molecule has 5 heteroatoms. The molecule has 0 fully saturated rings. The van der Waals surface area contributed by atoms with Crippen molar-refractivity contribution >= 4 is 11.8 Å². The van der Waals surface area contributed by atoms with Gasteiger partial charge < -0.3 is 10.4 Å². The van der Waals surface area contributed by atoms with E-state index in [1.165, 1.54) is 6.33 Å². The highest BCUT2D eigenvalue weighted by molar-refractivity contribution is 7.99. The Morgan fingerprint density at radius 1 is 1.56 bits per heavy atom. The van der Waals surface area contributed by atoms with E-state index in [-0.39, 0.29) is 12.1 Å². The maximum Gasteiger partial charge on any atom is 0.116 e. The van der Waals surface area contributed by atoms with Gasteiger partial charge in [0.15, 0.2) is 0 Å². The van der Waals surface area contributed by atoms with E-state index in [1.807, 2.05) is 13.0 Å². The van der Waals surface area contributed by atoms with Gasteiger partial charge in [-0.15, -0.1) is 11.8 Å². The second kappa shape index (κ2) is 6.18. The maximum absolute atomic E-state index is 9.40. The van der Waals surface area contributed by atoms with E-state index in [0.29, 0.717) is 6.04 Å². The number of aromatic nitrogens is 2. The summed E-state index contributed by atoms with van der Waals surface area (Å²) < 4.78 is 0. The third kappa shape index (κ3) is 4.47. The molecule has 0 saturated heterocycles. The molecule has 0 aromatic carbocycles. The van der Waals surface area contributed by atoms with Crippen LogP contribution < -0.4 is 5.32 Å². The summed E-state index contributed by atoms with van der Waals surface area (Å²) in [6.45, 7) is 6.27. The zero-order valence-corrected chi connectivity index (χ0v) is 10.8. The summed E-state index contributed by atoms with van der Waals surface area (Å²) in [4.78, 5) is 8.01. The molecule has 0 bridgehead atoms. The summed E-state index contributed by atoms with van der Waals surface area (Å²) in [5.74, 6) is 0.776. The fourth-order valence-corrected chi connectivity index (χ4v) is 2.35. The number of nitrogens with one attached hydrogen (secondary N) is 1. The van der Waals surface area contributed by atoms with Crippen molar-refractivity contribution in [2.24, 2.45) is 0 Å². The molecule has 1 atom stereocenters. The van der Waals surface area contributed by atoms with Crippen LogP contribution in [-0.2, 0) is 0 Å². The minimum atomic E-state index is -0.274. The molecule has 1 aromatic rings. The number of rotatable bonds is 6. The van der Waals surface area contributed by atoms with Gasteiger partial charge in [0.1, 0.15) is 6.33 Å². The standard InChI is InChI=1S/C11H19N3OS/c1-9(2)14-11(3,6-15)7-16-10-4-5-12-8-13-10/h4-5,8-9,14-15H,6-7H2,1-3H3. The summed E-state index contributed by atoms with van der Waals surface area (Å²) in [5.41, 5.74) is -0.274. The van der Waals surface area contributed by atoms with Crippen LogP contribution in [-0.4, -0.2) is 39.0 Å². The third-order valence-corrected chi connectivity index (χ3v) is 3.40. The second-order valence-corrected chi connectivity index (χ2v) is 5.35. The van der Waals surface area contributed by atoms with Crippen molar-refractivity contribution in [3.63, 3.8) is 0 Å². The quantitative estimate of drug-likeness (QED) is 0.581. The van der Waals surface area contributed by atoms with Crippen molar-refractivity contribution in [1.82, 2.24) is 15.3 Å². The fraction of sp³-hybridized carbons (Fsp3) is 0.636. The minimum Gasteiger partial charge on any atom is -0.394 e. The molecule has 0 aliphatic carbocycles. The van der Waals surface area contributed by atoms with Gasteiger partial charge in [0.25, 0.3) is 0 Å². The number of thioether (sulfide) groups is 1. The number of aliphatic hydroxyl groups is 1. The van der Waals surface area contributed by atoms with Gasteiger partial charge in [0, 0.05) is 23.5 Å². The van der Waals surface area contributed by atoms with Crippen LogP contribution in [0.3, 0.4) is 0 Å². The van der Waals surface area contributed by atoms with E-state index < -0.39 is 0 Å². The average Bonchev–Trinajstić information content (AvgIpc) is 2.27. The molecule has 2 N–H and O–H groups in total. The Morgan fingerprint density at radius 2 is 2.31 bits per heavy atom. The van der Waals surface area contributed by atoms with Crippen LogP contribution in [0.1, 0.15) is 20.8 Å². The molecule has 90 valence electrons. The van der Waals surface area contributed by atoms with Crippen LogP contribution in [0.25, 0.3) is 0 Å². The molecule has 0 amide bonds. The van der Waals surface area contributed by atoms with Gasteiger partial charge in [0.2, 0.25) is 0 Å². The Labute approximate surface area is 101 Å². The predicted octanol–water partition coefficient (Wildman–Crippen LogP) is 1.32. The molecule has 16 heavy (non-hydrogen) atoms. The van der Waals surface area contributed by atoms with Gasteiger partial charge in [-0.3, -0.25) is 0 Å². The Morgan fingerprint density at radius 3 is 2.81 bits per heavy atom. The number of hydrogen-bond acceptors (Lipinski definition) is 5. The van der Waals surface area contributed by atoms with Crippen molar-refractivity contribution in [2.45, 2.75) is 37.4 Å². The van der Waals surface area contributed by atoms with Crippen molar-refractivity contribution in [1.29, 1.82) is 0 Å². The lowest BCUT2D eigenvalue weighted by molar-refractivity contribution is 0.183. The molecule has 4 nitrogen and oxygen atoms in total. The largest absolute Gasteiger partial charge is 0.394 e. The first-order chi connectivity index (χ1) is 7.56. The molecule has 0 aliphatic rings. The van der Waals surface area contributed by atoms with Crippen molar-refractivity contribution in [3.05, 3.63) is 18.6 Å². The Hall–Kier alpha value is -0.650. The summed E-state index contributed by atoms with van der Waals surface area (Å²) in [6.07, 6.45) is 3.26. The van der Waals surface area contributed by atoms with Crippen molar-refractivity contribution in [2.75, 3.05) is 12.4 Å². The number of hydrogen-bond donors (Lipinski definition) is 2. The zero-order chi connectivity index (χ0) is 12.0. The van der Waals surface area contributed by atoms with Gasteiger partial charge in [-0.1, -0.05) is 13.8 Å². The van der Waals surface area contributed by atoms with Gasteiger partial charge in [-0.25, -0.2) is 9.97 Å². The van der Waals surface area contributed by atoms with Gasteiger partial charge in [-0.05, 0) is 13.0 Å². The molecular weight excluding hydrogens is 222 g/mol. The first-order valence-corrected chi connectivity index (χ1v) is 6.32. The highest BCUT2D eigenvalue weighted by atomic mass is 32.2. The van der Waals surface area contributed by atoms with Crippen LogP contribution in [0.15, 0.2) is 23.6 Å². The van der Waals surface area contributed by atoms with Crippen LogP contribution in [0.4, 0.5) is 0 Å². The average molecular weight is 241 g/mol. The Kier molecular flexibility index (Phi) is 5.18. The van der Waals surface area contributed by atoms with Crippen LogP contribution in [0.5, 0.6) is 0 Å². The number of aliphatic hydroxyl groups excluding tert-OH is 1. The van der Waals surface area contributed by atoms with E-state index in [2.05, 4.69) is 29.1 Å². The molecule has 1 rings (SSSR count). The van der Waals surface area contributed by atoms with E-state index in [1.54, 1.807) is 18.0 Å². The number of nitrogens with zero attached hydrogens (tertiary/aromatic N) is 2. The second-order valence-electron chi connectivity index (χ2n) is 4.35. The topological polar surface area (TPSA) is 58.0 Å². The monoisotopic (exact) mass is 241 g/mol. The lowest BCUT2D eigenvalue weighted by atomic mass is 10.1. The highest BCUT2D eigenvalue weighted by Crippen LogP contribution is 2.20. The van der Waals surface area contributed by atoms with E-state index in [0.717, 1.165) is 10.8 Å². The molecule has 0 aliphatic heterocycles.